The normalized spacial score (nSPS) is 9.93. The van der Waals surface area contributed by atoms with Crippen LogP contribution in [-0.4, -0.2) is 9.55 Å². The Bertz CT molecular complexity index is 318. The number of imidazole rings is 1. The van der Waals surface area contributed by atoms with Crippen molar-refractivity contribution in [2.75, 3.05) is 5.73 Å². The third-order valence-electron chi connectivity index (χ3n) is 1.10. The molecule has 0 atom stereocenters. The average molecular weight is 237 g/mol. The zero-order chi connectivity index (χ0) is 9.35. The summed E-state index contributed by atoms with van der Waals surface area (Å²) in [6.07, 6.45) is 1.19. The van der Waals surface area contributed by atoms with E-state index in [4.69, 9.17) is 5.73 Å². The summed E-state index contributed by atoms with van der Waals surface area (Å²) in [4.78, 5) is 23.6. The molecule has 0 aromatic carbocycles. The number of nitrogens with two attached hydrogens (primary N) is 1. The molecule has 2 N–H and O–H groups in total. The summed E-state index contributed by atoms with van der Waals surface area (Å²) in [7, 11) is -3.49. The Balaban J connectivity index is 0. The summed E-state index contributed by atoms with van der Waals surface area (Å²) in [6, 6.07) is 0. The topological polar surface area (TPSA) is 116 Å². The van der Waals surface area contributed by atoms with E-state index in [0.717, 1.165) is 0 Å². The van der Waals surface area contributed by atoms with E-state index >= 15 is 0 Å². The molecule has 10 heteroatoms. The second-order valence-electron chi connectivity index (χ2n) is 2.09. The van der Waals surface area contributed by atoms with Crippen LogP contribution in [0.15, 0.2) is 6.20 Å². The summed E-state index contributed by atoms with van der Waals surface area (Å²) >= 11 is 0. The fourth-order valence-electron chi connectivity index (χ4n) is 0.611. The molecule has 0 fully saturated rings. The predicted molar refractivity (Wildman–Crippen MR) is 35.9 cm³/mol. The van der Waals surface area contributed by atoms with Gasteiger partial charge in [0.1, 0.15) is 7.82 Å². The van der Waals surface area contributed by atoms with Gasteiger partial charge in [-0.3, -0.25) is 0 Å². The van der Waals surface area contributed by atoms with Gasteiger partial charge in [0, 0.05) is 7.05 Å². The zero-order valence-corrected chi connectivity index (χ0v) is 13.0. The summed E-state index contributed by atoms with van der Waals surface area (Å²) < 4.78 is 15.3. The molecule has 1 aromatic heterocycles. The quantitative estimate of drug-likeness (QED) is 0.403. The van der Waals surface area contributed by atoms with Gasteiger partial charge in [0.2, 0.25) is 11.8 Å². The first-order valence-electron chi connectivity index (χ1n) is 2.89. The van der Waals surface area contributed by atoms with E-state index in [1.54, 1.807) is 0 Å². The van der Waals surface area contributed by atoms with Gasteiger partial charge < -0.3 is 29.2 Å². The van der Waals surface area contributed by atoms with Gasteiger partial charge in [-0.2, -0.15) is 4.98 Å². The molecule has 1 aromatic rings. The molecule has 0 spiro atoms. The fourth-order valence-corrected chi connectivity index (χ4v) is 0.928. The molecule has 0 aliphatic carbocycles. The van der Waals surface area contributed by atoms with Crippen molar-refractivity contribution >= 4 is 13.8 Å². The van der Waals surface area contributed by atoms with Crippen molar-refractivity contribution < 1.29 is 78.0 Å². The number of nitrogens with zero attached hydrogens (tertiary/aromatic N) is 2. The standard InChI is InChI=1S/C4H8N3O4P.2Na/c1-7-2-3(6-4(7)5)11-12(8,9)10;;/h2H,1H3,(H2,5,6)(H2,8,9,10);;/q;2*+1/p-2. The monoisotopic (exact) mass is 237 g/mol. The number of phosphoric ester groups is 1. The first-order valence-corrected chi connectivity index (χ1v) is 4.35. The largest absolute Gasteiger partial charge is 1.00 e. The van der Waals surface area contributed by atoms with Crippen LogP contribution in [0.1, 0.15) is 0 Å². The average Bonchev–Trinajstić information content (AvgIpc) is 2.07. The van der Waals surface area contributed by atoms with Crippen molar-refractivity contribution in [3.05, 3.63) is 6.20 Å². The Morgan fingerprint density at radius 3 is 2.36 bits per heavy atom. The molecule has 0 bridgehead atoms. The molecule has 14 heavy (non-hydrogen) atoms. The minimum absolute atomic E-state index is 0. The van der Waals surface area contributed by atoms with Crippen molar-refractivity contribution in [2.24, 2.45) is 7.05 Å². The summed E-state index contributed by atoms with van der Waals surface area (Å²) in [5, 5.41) is 0. The van der Waals surface area contributed by atoms with Crippen molar-refractivity contribution in [3.63, 3.8) is 0 Å². The Morgan fingerprint density at radius 2 is 2.07 bits per heavy atom. The Morgan fingerprint density at radius 1 is 1.57 bits per heavy atom. The molecular weight excluding hydrogens is 231 g/mol. The van der Waals surface area contributed by atoms with Crippen molar-refractivity contribution in [1.82, 2.24) is 9.55 Å². The molecule has 7 nitrogen and oxygen atoms in total. The van der Waals surface area contributed by atoms with Gasteiger partial charge in [-0.25, -0.2) is 0 Å². The van der Waals surface area contributed by atoms with Gasteiger partial charge in [-0.1, -0.05) is 0 Å². The fraction of sp³-hybridized carbons (Fsp3) is 0.250. The number of aryl methyl sites for hydroxylation is 1. The van der Waals surface area contributed by atoms with E-state index in [0.29, 0.717) is 0 Å². The minimum Gasteiger partial charge on any atom is -0.780 e. The van der Waals surface area contributed by atoms with Crippen molar-refractivity contribution in [3.8, 4) is 5.88 Å². The van der Waals surface area contributed by atoms with E-state index < -0.39 is 7.82 Å². The van der Waals surface area contributed by atoms with Crippen LogP contribution in [0.2, 0.25) is 0 Å². The Hall–Kier alpha value is 0.960. The van der Waals surface area contributed by atoms with Gasteiger partial charge >= 0.3 is 59.1 Å². The second kappa shape index (κ2) is 6.52. The molecule has 1 heterocycles. The summed E-state index contributed by atoms with van der Waals surface area (Å²) in [5.41, 5.74) is 5.24. The summed E-state index contributed by atoms with van der Waals surface area (Å²) in [6.45, 7) is 0. The maximum absolute atomic E-state index is 10.1. The predicted octanol–water partition coefficient (Wildman–Crippen LogP) is -7.78. The SMILES string of the molecule is Cn1cc(OP(=O)([O-])[O-])nc1N.[Na+].[Na+]. The zero-order valence-electron chi connectivity index (χ0n) is 8.13. The van der Waals surface area contributed by atoms with Crippen LogP contribution < -0.4 is 79.2 Å². The smallest absolute Gasteiger partial charge is 0.780 e. The third kappa shape index (κ3) is 5.75. The van der Waals surface area contributed by atoms with E-state index in [-0.39, 0.29) is 70.9 Å². The van der Waals surface area contributed by atoms with E-state index in [9.17, 15) is 14.4 Å². The molecule has 0 aliphatic rings. The molecule has 0 saturated carbocycles. The minimum atomic E-state index is -5.03. The third-order valence-corrected chi connectivity index (χ3v) is 1.51. The number of phosphoric acid groups is 1. The molecular formula is C4H6N3Na2O4P. The number of hydrogen-bond acceptors (Lipinski definition) is 6. The van der Waals surface area contributed by atoms with Gasteiger partial charge in [-0.15, -0.1) is 0 Å². The first-order chi connectivity index (χ1) is 5.38. The van der Waals surface area contributed by atoms with Crippen molar-refractivity contribution in [1.29, 1.82) is 0 Å². The van der Waals surface area contributed by atoms with Crippen LogP contribution in [-0.2, 0) is 11.6 Å². The van der Waals surface area contributed by atoms with E-state index in [1.807, 2.05) is 0 Å². The van der Waals surface area contributed by atoms with Crippen LogP contribution in [0.5, 0.6) is 5.88 Å². The first kappa shape index (κ1) is 17.4. The molecule has 68 valence electrons. The van der Waals surface area contributed by atoms with E-state index in [2.05, 4.69) is 9.51 Å². The second-order valence-corrected chi connectivity index (χ2v) is 3.16. The van der Waals surface area contributed by atoms with Gasteiger partial charge in [0.05, 0.1) is 6.20 Å². The molecule has 0 saturated heterocycles. The van der Waals surface area contributed by atoms with Gasteiger partial charge in [0.25, 0.3) is 0 Å². The van der Waals surface area contributed by atoms with Crippen LogP contribution in [0, 0.1) is 0 Å². The Labute approximate surface area is 125 Å². The molecule has 0 radical (unpaired) electrons. The van der Waals surface area contributed by atoms with E-state index in [1.165, 1.54) is 17.8 Å². The number of aromatic nitrogens is 2. The number of anilines is 1. The maximum Gasteiger partial charge on any atom is 1.00 e. The Kier molecular flexibility index (Phi) is 8.09. The van der Waals surface area contributed by atoms with Crippen molar-refractivity contribution in [2.45, 2.75) is 0 Å². The van der Waals surface area contributed by atoms with Crippen LogP contribution in [0.25, 0.3) is 0 Å². The van der Waals surface area contributed by atoms with Gasteiger partial charge in [0.15, 0.2) is 0 Å². The molecule has 0 amide bonds. The van der Waals surface area contributed by atoms with Crippen LogP contribution in [0.4, 0.5) is 5.95 Å². The van der Waals surface area contributed by atoms with Crippen LogP contribution in [0.3, 0.4) is 0 Å². The summed E-state index contributed by atoms with van der Waals surface area (Å²) in [5.74, 6) is -0.248. The molecule has 0 unspecified atom stereocenters. The molecule has 0 aliphatic heterocycles. The number of nitrogen functional groups attached to an aromatic ring is 1. The van der Waals surface area contributed by atoms with Crippen LogP contribution >= 0.6 is 7.82 Å². The van der Waals surface area contributed by atoms with Gasteiger partial charge in [-0.05, 0) is 0 Å². The maximum atomic E-state index is 10.1. The number of hydrogen-bond donors (Lipinski definition) is 1. The number of rotatable bonds is 2. The molecule has 1 rings (SSSR count).